The largest absolute Gasteiger partial charge is 0.353 e. The quantitative estimate of drug-likeness (QED) is 0.231. The highest BCUT2D eigenvalue weighted by atomic mass is 15.1. The summed E-state index contributed by atoms with van der Waals surface area (Å²) >= 11 is 0. The van der Waals surface area contributed by atoms with Gasteiger partial charge in [-0.3, -0.25) is 4.57 Å². The zero-order valence-corrected chi connectivity index (χ0v) is 21.6. The predicted molar refractivity (Wildman–Crippen MR) is 168 cm³/mol. The summed E-state index contributed by atoms with van der Waals surface area (Å²) in [5.74, 6) is 0.937. The van der Waals surface area contributed by atoms with E-state index in [0.717, 1.165) is 39.1 Å². The van der Waals surface area contributed by atoms with Crippen LogP contribution in [0, 0.1) is 0 Å². The second kappa shape index (κ2) is 8.05. The predicted octanol–water partition coefficient (Wildman–Crippen LogP) is 9.79. The number of hydrogen-bond acceptors (Lipinski definition) is 1. The molecule has 0 spiro atoms. The van der Waals surface area contributed by atoms with Crippen LogP contribution in [0.2, 0.25) is 0 Å². The second-order valence-corrected chi connectivity index (χ2v) is 10.4. The molecule has 0 unspecified atom stereocenters. The number of hydrogen-bond donors (Lipinski definition) is 1. The van der Waals surface area contributed by atoms with E-state index in [2.05, 4.69) is 143 Å². The average Bonchev–Trinajstić information content (AvgIpc) is 3.61. The maximum Gasteiger partial charge on any atom is 0.145 e. The lowest BCUT2D eigenvalue weighted by atomic mass is 9.90. The van der Waals surface area contributed by atoms with Gasteiger partial charge in [0.2, 0.25) is 0 Å². The van der Waals surface area contributed by atoms with Crippen molar-refractivity contribution < 1.29 is 0 Å². The fraction of sp³-hybridized carbons (Fsp3) is 0. The molecule has 9 aromatic rings. The Morgan fingerprint density at radius 2 is 1.02 bits per heavy atom. The van der Waals surface area contributed by atoms with E-state index < -0.39 is 0 Å². The van der Waals surface area contributed by atoms with Crippen molar-refractivity contribution in [3.05, 3.63) is 133 Å². The zero-order valence-electron chi connectivity index (χ0n) is 21.6. The maximum atomic E-state index is 5.45. The molecule has 0 aliphatic carbocycles. The monoisotopic (exact) mass is 509 g/mol. The van der Waals surface area contributed by atoms with Crippen LogP contribution in [-0.4, -0.2) is 14.5 Å². The van der Waals surface area contributed by atoms with E-state index in [4.69, 9.17) is 4.98 Å². The summed E-state index contributed by atoms with van der Waals surface area (Å²) in [6.45, 7) is 0. The highest BCUT2D eigenvalue weighted by Gasteiger charge is 2.25. The zero-order chi connectivity index (χ0) is 26.2. The molecule has 3 heteroatoms. The Hall–Kier alpha value is -5.41. The Balaban J connectivity index is 1.68. The molecule has 7 aromatic carbocycles. The first-order valence-corrected chi connectivity index (χ1v) is 13.7. The molecule has 3 nitrogen and oxygen atoms in total. The summed E-state index contributed by atoms with van der Waals surface area (Å²) in [5, 5.41) is 9.99. The van der Waals surface area contributed by atoms with Crippen molar-refractivity contribution in [1.82, 2.24) is 14.5 Å². The molecule has 0 radical (unpaired) electrons. The molecule has 186 valence electrons. The summed E-state index contributed by atoms with van der Waals surface area (Å²) in [5.41, 5.74) is 6.50. The van der Waals surface area contributed by atoms with Crippen molar-refractivity contribution in [1.29, 1.82) is 0 Å². The number of aromatic nitrogens is 3. The van der Waals surface area contributed by atoms with Crippen LogP contribution < -0.4 is 0 Å². The smallest absolute Gasteiger partial charge is 0.145 e. The fourth-order valence-electron chi connectivity index (χ4n) is 6.66. The lowest BCUT2D eigenvalue weighted by molar-refractivity contribution is 1.11. The summed E-state index contributed by atoms with van der Waals surface area (Å²) in [4.78, 5) is 9.24. The number of para-hydroxylation sites is 2. The normalized spacial score (nSPS) is 12.0. The molecular weight excluding hydrogens is 486 g/mol. The van der Waals surface area contributed by atoms with Crippen LogP contribution in [0.1, 0.15) is 0 Å². The Kier molecular flexibility index (Phi) is 4.33. The van der Waals surface area contributed by atoms with Gasteiger partial charge >= 0.3 is 0 Å². The molecular formula is C37H23N3. The van der Waals surface area contributed by atoms with Gasteiger partial charge in [0.05, 0.1) is 11.0 Å². The molecule has 0 atom stereocenters. The Morgan fingerprint density at radius 1 is 0.475 bits per heavy atom. The number of nitrogens with one attached hydrogen (secondary N) is 1. The van der Waals surface area contributed by atoms with Gasteiger partial charge < -0.3 is 4.98 Å². The van der Waals surface area contributed by atoms with Crippen LogP contribution in [0.5, 0.6) is 0 Å². The van der Waals surface area contributed by atoms with Crippen LogP contribution in [0.15, 0.2) is 133 Å². The SMILES string of the molecule is c1ccc(-c2nc3c4[nH]c5ccccc5c4c4c5ccccc5c5ccccc5c4c3n2-c2ccccc2)cc1. The Bertz CT molecular complexity index is 2410. The van der Waals surface area contributed by atoms with E-state index in [-0.39, 0.29) is 0 Å². The summed E-state index contributed by atoms with van der Waals surface area (Å²) in [7, 11) is 0. The number of aromatic amines is 1. The molecule has 0 amide bonds. The molecule has 2 aromatic heterocycles. The Labute approximate surface area is 229 Å². The summed E-state index contributed by atoms with van der Waals surface area (Å²) in [6, 6.07) is 47.5. The van der Waals surface area contributed by atoms with Gasteiger partial charge in [0.1, 0.15) is 11.3 Å². The number of H-pyrrole nitrogens is 1. The van der Waals surface area contributed by atoms with Crippen LogP contribution >= 0.6 is 0 Å². The molecule has 0 aliphatic heterocycles. The van der Waals surface area contributed by atoms with Gasteiger partial charge in [-0.05, 0) is 39.7 Å². The van der Waals surface area contributed by atoms with Gasteiger partial charge in [-0.15, -0.1) is 0 Å². The lowest BCUT2D eigenvalue weighted by Gasteiger charge is -2.16. The van der Waals surface area contributed by atoms with E-state index >= 15 is 0 Å². The first-order valence-electron chi connectivity index (χ1n) is 13.7. The first kappa shape index (κ1) is 21.5. The molecule has 0 saturated carbocycles. The van der Waals surface area contributed by atoms with Crippen molar-refractivity contribution in [2.24, 2.45) is 0 Å². The minimum atomic E-state index is 0.937. The van der Waals surface area contributed by atoms with Crippen molar-refractivity contribution in [2.75, 3.05) is 0 Å². The molecule has 1 N–H and O–H groups in total. The van der Waals surface area contributed by atoms with Gasteiger partial charge in [0.15, 0.2) is 0 Å². The highest BCUT2D eigenvalue weighted by Crippen LogP contribution is 2.47. The number of benzene rings is 7. The van der Waals surface area contributed by atoms with Crippen molar-refractivity contribution >= 4 is 65.2 Å². The van der Waals surface area contributed by atoms with Crippen molar-refractivity contribution in [2.45, 2.75) is 0 Å². The van der Waals surface area contributed by atoms with Crippen LogP contribution in [0.4, 0.5) is 0 Å². The van der Waals surface area contributed by atoms with Crippen LogP contribution in [0.25, 0.3) is 82.2 Å². The fourth-order valence-corrected chi connectivity index (χ4v) is 6.66. The summed E-state index contributed by atoms with van der Waals surface area (Å²) < 4.78 is 2.36. The van der Waals surface area contributed by atoms with Crippen LogP contribution in [0.3, 0.4) is 0 Å². The van der Waals surface area contributed by atoms with Gasteiger partial charge in [-0.1, -0.05) is 115 Å². The highest BCUT2D eigenvalue weighted by molar-refractivity contribution is 6.41. The maximum absolute atomic E-state index is 5.45. The van der Waals surface area contributed by atoms with Gasteiger partial charge in [-0.25, -0.2) is 4.98 Å². The van der Waals surface area contributed by atoms with Gasteiger partial charge in [0, 0.05) is 38.3 Å². The van der Waals surface area contributed by atoms with E-state index in [9.17, 15) is 0 Å². The first-order chi connectivity index (χ1) is 19.9. The molecule has 0 aliphatic rings. The third-order valence-corrected chi connectivity index (χ3v) is 8.29. The molecule has 0 saturated heterocycles. The molecule has 9 rings (SSSR count). The minimum absolute atomic E-state index is 0.937. The van der Waals surface area contributed by atoms with Gasteiger partial charge in [0.25, 0.3) is 0 Å². The average molecular weight is 510 g/mol. The number of rotatable bonds is 2. The van der Waals surface area contributed by atoms with Gasteiger partial charge in [-0.2, -0.15) is 0 Å². The number of nitrogens with zero attached hydrogens (tertiary/aromatic N) is 2. The molecule has 0 fully saturated rings. The minimum Gasteiger partial charge on any atom is -0.353 e. The summed E-state index contributed by atoms with van der Waals surface area (Å²) in [6.07, 6.45) is 0. The van der Waals surface area contributed by atoms with E-state index in [1.54, 1.807) is 0 Å². The van der Waals surface area contributed by atoms with Crippen LogP contribution in [-0.2, 0) is 0 Å². The second-order valence-electron chi connectivity index (χ2n) is 10.4. The van der Waals surface area contributed by atoms with E-state index in [0.29, 0.717) is 0 Å². The number of imidazole rings is 1. The number of fused-ring (bicyclic) bond motifs is 13. The van der Waals surface area contributed by atoms with E-state index in [1.807, 2.05) is 0 Å². The third-order valence-electron chi connectivity index (χ3n) is 8.29. The molecule has 0 bridgehead atoms. The molecule has 2 heterocycles. The Morgan fingerprint density at radius 3 is 1.73 bits per heavy atom. The molecule has 40 heavy (non-hydrogen) atoms. The standard InChI is InChI=1S/C37H23N3/c1-3-13-23(14-4-1)37-39-35-34-32(29-21-11-12-22-30(29)38-34)31-27-19-9-7-17-25(27)26-18-8-10-20-28(26)33(31)36(35)40(37)24-15-5-2-6-16-24/h1-22,38H. The third kappa shape index (κ3) is 2.81. The van der Waals surface area contributed by atoms with E-state index in [1.165, 1.54) is 43.1 Å². The van der Waals surface area contributed by atoms with Crippen molar-refractivity contribution in [3.8, 4) is 17.1 Å². The lowest BCUT2D eigenvalue weighted by Crippen LogP contribution is -1.98. The topological polar surface area (TPSA) is 33.6 Å². The van der Waals surface area contributed by atoms with Crippen molar-refractivity contribution in [3.63, 3.8) is 0 Å².